The van der Waals surface area contributed by atoms with E-state index in [1.165, 1.54) is 18.2 Å². The second-order valence-electron chi connectivity index (χ2n) is 3.93. The summed E-state index contributed by atoms with van der Waals surface area (Å²) in [7, 11) is 0. The molecule has 1 fully saturated rings. The summed E-state index contributed by atoms with van der Waals surface area (Å²) in [6, 6.07) is 3.98. The number of hydrogen-bond acceptors (Lipinski definition) is 2. The molecule has 1 saturated heterocycles. The van der Waals surface area contributed by atoms with Crippen LogP contribution in [0.5, 0.6) is 0 Å². The predicted molar refractivity (Wildman–Crippen MR) is 61.0 cm³/mol. The third kappa shape index (κ3) is 2.93. The van der Waals surface area contributed by atoms with Gasteiger partial charge in [-0.1, -0.05) is 11.6 Å². The largest absolute Gasteiger partial charge is 0.326 e. The molecular weight excluding hydrogens is 231 g/mol. The maximum absolute atomic E-state index is 13.0. The molecule has 2 rings (SSSR count). The van der Waals surface area contributed by atoms with Crippen LogP contribution < -0.4 is 10.6 Å². The zero-order valence-electron chi connectivity index (χ0n) is 8.59. The standard InChI is InChI=1S/C11H12ClFN2O/c12-8-2-9(13)4-10(3-8)15-11(16)1-7-5-14-6-7/h2-4,7,14H,1,5-6H2,(H,15,16). The molecule has 1 aliphatic rings. The summed E-state index contributed by atoms with van der Waals surface area (Å²) in [5.41, 5.74) is 0.405. The molecule has 1 heterocycles. The van der Waals surface area contributed by atoms with Crippen molar-refractivity contribution in [2.45, 2.75) is 6.42 Å². The summed E-state index contributed by atoms with van der Waals surface area (Å²) in [6.45, 7) is 1.74. The summed E-state index contributed by atoms with van der Waals surface area (Å²) >= 11 is 5.68. The average Bonchev–Trinajstić information content (AvgIpc) is 2.09. The van der Waals surface area contributed by atoms with E-state index in [1.807, 2.05) is 0 Å². The van der Waals surface area contributed by atoms with Crippen molar-refractivity contribution in [1.29, 1.82) is 0 Å². The molecular formula is C11H12ClFN2O. The molecule has 0 atom stereocenters. The molecule has 0 aromatic heterocycles. The summed E-state index contributed by atoms with van der Waals surface area (Å²) in [5, 5.41) is 6.00. The lowest BCUT2D eigenvalue weighted by atomic mass is 9.99. The van der Waals surface area contributed by atoms with Crippen LogP contribution in [0.4, 0.5) is 10.1 Å². The Morgan fingerprint density at radius 2 is 2.25 bits per heavy atom. The molecule has 2 N–H and O–H groups in total. The maximum atomic E-state index is 13.0. The van der Waals surface area contributed by atoms with Gasteiger partial charge in [-0.2, -0.15) is 0 Å². The third-order valence-electron chi connectivity index (χ3n) is 2.49. The monoisotopic (exact) mass is 242 g/mol. The van der Waals surface area contributed by atoms with Crippen molar-refractivity contribution < 1.29 is 9.18 Å². The van der Waals surface area contributed by atoms with Gasteiger partial charge in [0.1, 0.15) is 5.82 Å². The van der Waals surface area contributed by atoms with Crippen molar-refractivity contribution >= 4 is 23.2 Å². The highest BCUT2D eigenvalue weighted by Crippen LogP contribution is 2.19. The molecule has 0 bridgehead atoms. The lowest BCUT2D eigenvalue weighted by Crippen LogP contribution is -2.43. The van der Waals surface area contributed by atoms with Crippen LogP contribution in [0.15, 0.2) is 18.2 Å². The Labute approximate surface area is 98.0 Å². The van der Waals surface area contributed by atoms with E-state index in [0.29, 0.717) is 18.0 Å². The number of benzene rings is 1. The minimum Gasteiger partial charge on any atom is -0.326 e. The van der Waals surface area contributed by atoms with Crippen LogP contribution in [-0.4, -0.2) is 19.0 Å². The number of carbonyl (C=O) groups excluding carboxylic acids is 1. The quantitative estimate of drug-likeness (QED) is 0.852. The Morgan fingerprint density at radius 1 is 1.50 bits per heavy atom. The molecule has 0 unspecified atom stereocenters. The zero-order chi connectivity index (χ0) is 11.5. The molecule has 3 nitrogen and oxygen atoms in total. The average molecular weight is 243 g/mol. The van der Waals surface area contributed by atoms with Gasteiger partial charge in [-0.15, -0.1) is 0 Å². The lowest BCUT2D eigenvalue weighted by Gasteiger charge is -2.26. The summed E-state index contributed by atoms with van der Waals surface area (Å²) in [5.74, 6) is -0.162. The van der Waals surface area contributed by atoms with Crippen LogP contribution in [0, 0.1) is 11.7 Å². The summed E-state index contributed by atoms with van der Waals surface area (Å²) < 4.78 is 13.0. The van der Waals surface area contributed by atoms with E-state index in [2.05, 4.69) is 10.6 Å². The smallest absolute Gasteiger partial charge is 0.224 e. The first-order valence-corrected chi connectivity index (χ1v) is 5.48. The number of anilines is 1. The van der Waals surface area contributed by atoms with Gasteiger partial charge >= 0.3 is 0 Å². The summed E-state index contributed by atoms with van der Waals surface area (Å²) in [6.07, 6.45) is 0.459. The van der Waals surface area contributed by atoms with E-state index in [9.17, 15) is 9.18 Å². The molecule has 1 aromatic rings. The van der Waals surface area contributed by atoms with Crippen molar-refractivity contribution in [1.82, 2.24) is 5.32 Å². The molecule has 1 aliphatic heterocycles. The van der Waals surface area contributed by atoms with E-state index in [4.69, 9.17) is 11.6 Å². The zero-order valence-corrected chi connectivity index (χ0v) is 9.35. The van der Waals surface area contributed by atoms with E-state index in [1.54, 1.807) is 0 Å². The van der Waals surface area contributed by atoms with Gasteiger partial charge in [-0.05, 0) is 37.2 Å². The van der Waals surface area contributed by atoms with Crippen molar-refractivity contribution in [2.75, 3.05) is 18.4 Å². The maximum Gasteiger partial charge on any atom is 0.224 e. The Balaban J connectivity index is 1.94. The minimum absolute atomic E-state index is 0.104. The van der Waals surface area contributed by atoms with E-state index in [0.717, 1.165) is 13.1 Å². The molecule has 1 amide bonds. The molecule has 0 aliphatic carbocycles. The molecule has 16 heavy (non-hydrogen) atoms. The number of halogens is 2. The molecule has 5 heteroatoms. The van der Waals surface area contributed by atoms with Crippen LogP contribution in [0.2, 0.25) is 5.02 Å². The molecule has 0 spiro atoms. The third-order valence-corrected chi connectivity index (χ3v) is 2.70. The highest BCUT2D eigenvalue weighted by molar-refractivity contribution is 6.30. The minimum atomic E-state index is -0.451. The topological polar surface area (TPSA) is 41.1 Å². The fourth-order valence-electron chi connectivity index (χ4n) is 1.59. The Hall–Kier alpha value is -1.13. The van der Waals surface area contributed by atoms with Crippen molar-refractivity contribution in [3.8, 4) is 0 Å². The molecule has 0 radical (unpaired) electrons. The Morgan fingerprint density at radius 3 is 2.81 bits per heavy atom. The van der Waals surface area contributed by atoms with Gasteiger partial charge in [-0.25, -0.2) is 4.39 Å². The van der Waals surface area contributed by atoms with Crippen LogP contribution in [0.25, 0.3) is 0 Å². The van der Waals surface area contributed by atoms with Gasteiger partial charge < -0.3 is 10.6 Å². The highest BCUT2D eigenvalue weighted by atomic mass is 35.5. The summed E-state index contributed by atoms with van der Waals surface area (Å²) in [4.78, 5) is 11.5. The Bertz CT molecular complexity index is 387. The fourth-order valence-corrected chi connectivity index (χ4v) is 1.81. The Kier molecular flexibility index (Phi) is 3.41. The second-order valence-corrected chi connectivity index (χ2v) is 4.37. The first-order chi connectivity index (χ1) is 7.63. The van der Waals surface area contributed by atoms with Gasteiger partial charge in [0.25, 0.3) is 0 Å². The van der Waals surface area contributed by atoms with Crippen LogP contribution in [0.1, 0.15) is 6.42 Å². The van der Waals surface area contributed by atoms with Crippen molar-refractivity contribution in [2.24, 2.45) is 5.92 Å². The highest BCUT2D eigenvalue weighted by Gasteiger charge is 2.20. The van der Waals surface area contributed by atoms with Gasteiger partial charge in [0.15, 0.2) is 0 Å². The van der Waals surface area contributed by atoms with Gasteiger partial charge in [0.2, 0.25) is 5.91 Å². The number of nitrogens with one attached hydrogen (secondary N) is 2. The van der Waals surface area contributed by atoms with Gasteiger partial charge in [0.05, 0.1) is 0 Å². The van der Waals surface area contributed by atoms with Crippen molar-refractivity contribution in [3.05, 3.63) is 29.0 Å². The number of amides is 1. The van der Waals surface area contributed by atoms with E-state index >= 15 is 0 Å². The first kappa shape index (κ1) is 11.4. The van der Waals surface area contributed by atoms with Gasteiger partial charge in [-0.3, -0.25) is 4.79 Å². The second kappa shape index (κ2) is 4.80. The number of carbonyl (C=O) groups is 1. The van der Waals surface area contributed by atoms with Crippen LogP contribution in [-0.2, 0) is 4.79 Å². The number of rotatable bonds is 3. The predicted octanol–water partition coefficient (Wildman–Crippen LogP) is 2.03. The number of hydrogen-bond donors (Lipinski definition) is 2. The lowest BCUT2D eigenvalue weighted by molar-refractivity contribution is -0.117. The fraction of sp³-hybridized carbons (Fsp3) is 0.364. The molecule has 1 aromatic carbocycles. The molecule has 0 saturated carbocycles. The molecule has 86 valence electrons. The normalized spacial score (nSPS) is 15.6. The van der Waals surface area contributed by atoms with E-state index < -0.39 is 5.82 Å². The van der Waals surface area contributed by atoms with Crippen LogP contribution >= 0.6 is 11.6 Å². The van der Waals surface area contributed by atoms with Crippen molar-refractivity contribution in [3.63, 3.8) is 0 Å². The van der Waals surface area contributed by atoms with Crippen LogP contribution in [0.3, 0.4) is 0 Å². The van der Waals surface area contributed by atoms with Gasteiger partial charge in [0, 0.05) is 17.1 Å². The first-order valence-electron chi connectivity index (χ1n) is 5.10. The van der Waals surface area contributed by atoms with E-state index in [-0.39, 0.29) is 10.9 Å². The SMILES string of the molecule is O=C(CC1CNC1)Nc1cc(F)cc(Cl)c1.